The highest BCUT2D eigenvalue weighted by atomic mass is 32.2. The van der Waals surface area contributed by atoms with Crippen LogP contribution in [0.25, 0.3) is 0 Å². The molecule has 1 aliphatic carbocycles. The molecule has 1 N–H and O–H groups in total. The lowest BCUT2D eigenvalue weighted by Gasteiger charge is -2.35. The highest BCUT2D eigenvalue weighted by molar-refractivity contribution is 7.99. The van der Waals surface area contributed by atoms with Crippen LogP contribution in [0.4, 0.5) is 5.69 Å². The maximum absolute atomic E-state index is 12.7. The highest BCUT2D eigenvalue weighted by Crippen LogP contribution is 2.35. The molecule has 1 saturated carbocycles. The summed E-state index contributed by atoms with van der Waals surface area (Å²) in [5.74, 6) is 2.48. The fourth-order valence-corrected chi connectivity index (χ4v) is 4.81. The molecule has 0 saturated heterocycles. The number of nitrogens with one attached hydrogen (secondary N) is 1. The third kappa shape index (κ3) is 3.52. The molecule has 0 bridgehead atoms. The van der Waals surface area contributed by atoms with Gasteiger partial charge >= 0.3 is 0 Å². The van der Waals surface area contributed by atoms with Crippen molar-refractivity contribution in [3.63, 3.8) is 0 Å². The van der Waals surface area contributed by atoms with Crippen LogP contribution >= 0.6 is 11.8 Å². The predicted molar refractivity (Wildman–Crippen MR) is 98.5 cm³/mol. The average molecular weight is 333 g/mol. The van der Waals surface area contributed by atoms with Crippen molar-refractivity contribution >= 4 is 23.4 Å². The molecular weight excluding hydrogens is 304 g/mol. The Bertz CT molecular complexity index is 574. The zero-order valence-electron chi connectivity index (χ0n) is 14.5. The zero-order valence-corrected chi connectivity index (χ0v) is 15.3. The van der Waals surface area contributed by atoms with E-state index in [1.54, 1.807) is 0 Å². The third-order valence-corrected chi connectivity index (χ3v) is 6.63. The molecule has 1 heterocycles. The monoisotopic (exact) mass is 332 g/mol. The summed E-state index contributed by atoms with van der Waals surface area (Å²) >= 11 is 1.89. The van der Waals surface area contributed by atoms with E-state index in [2.05, 4.69) is 43.1 Å². The average Bonchev–Trinajstić information content (AvgIpc) is 2.57. The van der Waals surface area contributed by atoms with Gasteiger partial charge in [0.05, 0.1) is 5.69 Å². The molecule has 1 aromatic carbocycles. The summed E-state index contributed by atoms with van der Waals surface area (Å²) in [5.41, 5.74) is 2.02. The summed E-state index contributed by atoms with van der Waals surface area (Å²) in [6.45, 7) is 8.82. The number of rotatable bonds is 3. The van der Waals surface area contributed by atoms with Crippen molar-refractivity contribution in [2.24, 2.45) is 11.8 Å². The van der Waals surface area contributed by atoms with Gasteiger partial charge in [0.25, 0.3) is 5.91 Å². The van der Waals surface area contributed by atoms with Gasteiger partial charge in [-0.05, 0) is 43.4 Å². The van der Waals surface area contributed by atoms with Gasteiger partial charge in [-0.2, -0.15) is 0 Å². The van der Waals surface area contributed by atoms with E-state index in [4.69, 9.17) is 0 Å². The van der Waals surface area contributed by atoms with E-state index >= 15 is 0 Å². The molecule has 3 unspecified atom stereocenters. The van der Waals surface area contributed by atoms with Crippen LogP contribution in [0.1, 0.15) is 50.4 Å². The van der Waals surface area contributed by atoms with E-state index in [9.17, 15) is 4.79 Å². The molecule has 3 nitrogen and oxygen atoms in total. The van der Waals surface area contributed by atoms with Gasteiger partial charge in [0.2, 0.25) is 0 Å². The van der Waals surface area contributed by atoms with E-state index in [1.165, 1.54) is 23.4 Å². The van der Waals surface area contributed by atoms with Crippen molar-refractivity contribution in [1.82, 2.24) is 5.32 Å². The molecule has 0 spiro atoms. The number of carbonyl (C=O) groups excluding carboxylic acids is 1. The van der Waals surface area contributed by atoms with Crippen molar-refractivity contribution in [3.05, 3.63) is 23.8 Å². The van der Waals surface area contributed by atoms with E-state index < -0.39 is 0 Å². The van der Waals surface area contributed by atoms with E-state index in [-0.39, 0.29) is 5.91 Å². The quantitative estimate of drug-likeness (QED) is 0.901. The Morgan fingerprint density at radius 2 is 2.17 bits per heavy atom. The zero-order chi connectivity index (χ0) is 16.4. The number of anilines is 1. The van der Waals surface area contributed by atoms with Crippen LogP contribution in [0.3, 0.4) is 0 Å². The summed E-state index contributed by atoms with van der Waals surface area (Å²) in [4.78, 5) is 16.4. The van der Waals surface area contributed by atoms with Crippen LogP contribution in [-0.4, -0.2) is 30.8 Å². The Labute approximate surface area is 144 Å². The van der Waals surface area contributed by atoms with Crippen molar-refractivity contribution in [2.75, 3.05) is 23.7 Å². The molecule has 2 aliphatic rings. The minimum Gasteiger partial charge on any atom is -0.370 e. The van der Waals surface area contributed by atoms with Crippen molar-refractivity contribution < 1.29 is 4.79 Å². The first kappa shape index (κ1) is 16.7. The lowest BCUT2D eigenvalue weighted by molar-refractivity contribution is 0.0891. The van der Waals surface area contributed by atoms with Crippen LogP contribution in [0.15, 0.2) is 23.1 Å². The highest BCUT2D eigenvalue weighted by Gasteiger charge is 2.28. The van der Waals surface area contributed by atoms with Gasteiger partial charge in [-0.3, -0.25) is 4.79 Å². The fourth-order valence-electron chi connectivity index (χ4n) is 3.78. The van der Waals surface area contributed by atoms with Gasteiger partial charge in [0, 0.05) is 35.3 Å². The summed E-state index contributed by atoms with van der Waals surface area (Å²) in [6, 6.07) is 6.50. The molecule has 0 radical (unpaired) electrons. The number of amides is 1. The number of hydrogen-bond donors (Lipinski definition) is 1. The second-order valence-corrected chi connectivity index (χ2v) is 8.09. The second-order valence-electron chi connectivity index (χ2n) is 6.96. The minimum atomic E-state index is 0.0883. The normalized spacial score (nSPS) is 27.4. The van der Waals surface area contributed by atoms with Gasteiger partial charge in [-0.25, -0.2) is 0 Å². The van der Waals surface area contributed by atoms with Gasteiger partial charge in [0.15, 0.2) is 0 Å². The van der Waals surface area contributed by atoms with Gasteiger partial charge in [0.1, 0.15) is 0 Å². The lowest BCUT2D eigenvalue weighted by atomic mass is 9.78. The molecule has 0 aromatic heterocycles. The van der Waals surface area contributed by atoms with Crippen LogP contribution < -0.4 is 10.2 Å². The van der Waals surface area contributed by atoms with Crippen molar-refractivity contribution in [3.8, 4) is 0 Å². The fraction of sp³-hybridized carbons (Fsp3) is 0.632. The SMILES string of the molecule is CCN1CCSc2ccc(C(=O)NC3CCCC(C)C3C)cc21. The molecule has 23 heavy (non-hydrogen) atoms. The first-order valence-electron chi connectivity index (χ1n) is 8.92. The van der Waals surface area contributed by atoms with Gasteiger partial charge in [-0.15, -0.1) is 11.8 Å². The number of benzene rings is 1. The smallest absolute Gasteiger partial charge is 0.251 e. The van der Waals surface area contributed by atoms with Crippen LogP contribution in [0.5, 0.6) is 0 Å². The predicted octanol–water partition coefficient (Wildman–Crippen LogP) is 4.17. The topological polar surface area (TPSA) is 32.3 Å². The first-order valence-corrected chi connectivity index (χ1v) is 9.91. The number of nitrogens with zero attached hydrogens (tertiary/aromatic N) is 1. The standard InChI is InChI=1S/C19H28N2OS/c1-4-21-10-11-23-18-9-8-15(12-17(18)21)19(22)20-16-7-5-6-13(2)14(16)3/h8-9,12-14,16H,4-7,10-11H2,1-3H3,(H,20,22). The molecule has 1 aliphatic heterocycles. The summed E-state index contributed by atoms with van der Waals surface area (Å²) in [5, 5.41) is 3.29. The molecule has 3 rings (SSSR count). The summed E-state index contributed by atoms with van der Waals surface area (Å²) in [7, 11) is 0. The summed E-state index contributed by atoms with van der Waals surface area (Å²) in [6.07, 6.45) is 3.62. The number of carbonyl (C=O) groups is 1. The maximum Gasteiger partial charge on any atom is 0.251 e. The Balaban J connectivity index is 1.75. The van der Waals surface area contributed by atoms with Crippen LogP contribution in [0.2, 0.25) is 0 Å². The number of hydrogen-bond acceptors (Lipinski definition) is 3. The molecule has 1 fully saturated rings. The molecule has 3 atom stereocenters. The number of fused-ring (bicyclic) bond motifs is 1. The third-order valence-electron chi connectivity index (χ3n) is 5.59. The minimum absolute atomic E-state index is 0.0883. The Hall–Kier alpha value is -1.16. The summed E-state index contributed by atoms with van der Waals surface area (Å²) < 4.78 is 0. The van der Waals surface area contributed by atoms with Crippen LogP contribution in [0, 0.1) is 11.8 Å². The molecule has 4 heteroatoms. The van der Waals surface area contributed by atoms with E-state index in [0.717, 1.165) is 30.8 Å². The molecule has 1 amide bonds. The Morgan fingerprint density at radius 1 is 1.35 bits per heavy atom. The van der Waals surface area contributed by atoms with Gasteiger partial charge in [-0.1, -0.05) is 26.7 Å². The van der Waals surface area contributed by atoms with E-state index in [0.29, 0.717) is 17.9 Å². The van der Waals surface area contributed by atoms with Crippen molar-refractivity contribution in [2.45, 2.75) is 51.0 Å². The van der Waals surface area contributed by atoms with E-state index in [1.807, 2.05) is 17.8 Å². The van der Waals surface area contributed by atoms with Crippen molar-refractivity contribution in [1.29, 1.82) is 0 Å². The lowest BCUT2D eigenvalue weighted by Crippen LogP contribution is -2.43. The van der Waals surface area contributed by atoms with Crippen LogP contribution in [-0.2, 0) is 0 Å². The Morgan fingerprint density at radius 3 is 2.96 bits per heavy atom. The van der Waals surface area contributed by atoms with Gasteiger partial charge < -0.3 is 10.2 Å². The number of thioether (sulfide) groups is 1. The first-order chi connectivity index (χ1) is 11.1. The molecular formula is C19H28N2OS. The largest absolute Gasteiger partial charge is 0.370 e. The molecule has 1 aromatic rings. The maximum atomic E-state index is 12.7. The second kappa shape index (κ2) is 7.16. The Kier molecular flexibility index (Phi) is 5.20. The molecule has 126 valence electrons.